The summed E-state index contributed by atoms with van der Waals surface area (Å²) < 4.78 is 0. The first-order chi connectivity index (χ1) is 8.61. The van der Waals surface area contributed by atoms with Crippen LogP contribution in [0.15, 0.2) is 12.2 Å². The van der Waals surface area contributed by atoms with Crippen LogP contribution in [0.2, 0.25) is 0 Å². The van der Waals surface area contributed by atoms with Gasteiger partial charge in [0.2, 0.25) is 5.91 Å². The molecule has 0 saturated carbocycles. The lowest BCUT2D eigenvalue weighted by atomic mass is 9.97. The van der Waals surface area contributed by atoms with E-state index in [1.165, 1.54) is 25.9 Å². The minimum atomic E-state index is 0.147. The minimum Gasteiger partial charge on any atom is -0.356 e. The van der Waals surface area contributed by atoms with Gasteiger partial charge in [-0.2, -0.15) is 0 Å². The van der Waals surface area contributed by atoms with Crippen molar-refractivity contribution in [3.05, 3.63) is 12.2 Å². The molecule has 1 rings (SSSR count). The fourth-order valence-corrected chi connectivity index (χ4v) is 2.56. The van der Waals surface area contributed by atoms with Crippen molar-refractivity contribution < 1.29 is 4.79 Å². The second-order valence-corrected chi connectivity index (χ2v) is 5.74. The van der Waals surface area contributed by atoms with Crippen LogP contribution in [0, 0.1) is 11.8 Å². The van der Waals surface area contributed by atoms with Crippen molar-refractivity contribution >= 4 is 5.91 Å². The number of piperidine rings is 1. The van der Waals surface area contributed by atoms with Crippen molar-refractivity contribution in [2.24, 2.45) is 11.8 Å². The number of allylic oxidation sites excluding steroid dienone is 1. The molecule has 3 heteroatoms. The Kier molecular flexibility index (Phi) is 7.02. The van der Waals surface area contributed by atoms with Gasteiger partial charge in [-0.15, -0.1) is 0 Å². The smallest absolute Gasteiger partial charge is 0.223 e. The molecule has 0 radical (unpaired) electrons. The predicted molar refractivity (Wildman–Crippen MR) is 76.4 cm³/mol. The topological polar surface area (TPSA) is 32.3 Å². The lowest BCUT2D eigenvalue weighted by Crippen LogP contribution is -2.42. The van der Waals surface area contributed by atoms with E-state index in [1.807, 2.05) is 19.1 Å². The molecule has 1 fully saturated rings. The van der Waals surface area contributed by atoms with E-state index in [4.69, 9.17) is 0 Å². The Hall–Kier alpha value is -0.830. The van der Waals surface area contributed by atoms with Crippen LogP contribution in [-0.4, -0.2) is 37.0 Å². The third kappa shape index (κ3) is 6.20. The number of amides is 1. The monoisotopic (exact) mass is 252 g/mol. The number of nitrogens with zero attached hydrogens (tertiary/aromatic N) is 1. The average molecular weight is 252 g/mol. The predicted octanol–water partition coefficient (Wildman–Crippen LogP) is 2.44. The Bertz CT molecular complexity index is 274. The first-order valence-electron chi connectivity index (χ1n) is 7.22. The van der Waals surface area contributed by atoms with Crippen LogP contribution in [-0.2, 0) is 4.79 Å². The molecule has 104 valence electrons. The van der Waals surface area contributed by atoms with E-state index in [2.05, 4.69) is 24.1 Å². The van der Waals surface area contributed by atoms with Gasteiger partial charge in [-0.1, -0.05) is 26.0 Å². The molecular weight excluding hydrogens is 224 g/mol. The van der Waals surface area contributed by atoms with Gasteiger partial charge in [0.1, 0.15) is 0 Å². The van der Waals surface area contributed by atoms with Crippen LogP contribution in [0.5, 0.6) is 0 Å². The number of carbonyl (C=O) groups excluding carboxylic acids is 1. The lowest BCUT2D eigenvalue weighted by Gasteiger charge is -2.33. The Balaban J connectivity index is 2.23. The number of rotatable bonds is 6. The van der Waals surface area contributed by atoms with Gasteiger partial charge >= 0.3 is 0 Å². The highest BCUT2D eigenvalue weighted by Gasteiger charge is 2.20. The van der Waals surface area contributed by atoms with Gasteiger partial charge in [0.25, 0.3) is 0 Å². The van der Waals surface area contributed by atoms with Crippen molar-refractivity contribution in [1.82, 2.24) is 10.2 Å². The zero-order valence-electron chi connectivity index (χ0n) is 12.1. The van der Waals surface area contributed by atoms with E-state index in [-0.39, 0.29) is 5.91 Å². The fourth-order valence-electron chi connectivity index (χ4n) is 2.56. The molecule has 0 aromatic heterocycles. The Morgan fingerprint density at radius 2 is 2.28 bits per heavy atom. The molecule has 3 nitrogen and oxygen atoms in total. The summed E-state index contributed by atoms with van der Waals surface area (Å²) in [6, 6.07) is 0. The first-order valence-corrected chi connectivity index (χ1v) is 7.22. The van der Waals surface area contributed by atoms with E-state index >= 15 is 0 Å². The molecule has 1 saturated heterocycles. The molecule has 0 aliphatic carbocycles. The zero-order chi connectivity index (χ0) is 13.4. The van der Waals surface area contributed by atoms with E-state index in [0.717, 1.165) is 19.0 Å². The second kappa shape index (κ2) is 8.30. The Morgan fingerprint density at radius 3 is 2.94 bits per heavy atom. The number of likely N-dealkylation sites (tertiary alicyclic amines) is 1. The molecule has 0 spiro atoms. The molecule has 0 aromatic carbocycles. The molecule has 0 aromatic rings. The summed E-state index contributed by atoms with van der Waals surface area (Å²) in [6.07, 6.45) is 6.85. The van der Waals surface area contributed by atoms with Crippen LogP contribution < -0.4 is 5.32 Å². The lowest BCUT2D eigenvalue weighted by molar-refractivity contribution is -0.120. The van der Waals surface area contributed by atoms with Gasteiger partial charge in [-0.25, -0.2) is 0 Å². The Labute approximate surface area is 112 Å². The minimum absolute atomic E-state index is 0.147. The van der Waals surface area contributed by atoms with Gasteiger partial charge in [0.15, 0.2) is 0 Å². The number of carbonyl (C=O) groups is 1. The summed E-state index contributed by atoms with van der Waals surface area (Å²) >= 11 is 0. The summed E-state index contributed by atoms with van der Waals surface area (Å²) in [4.78, 5) is 14.1. The van der Waals surface area contributed by atoms with Crippen molar-refractivity contribution in [2.45, 2.75) is 40.0 Å². The van der Waals surface area contributed by atoms with Crippen LogP contribution in [0.4, 0.5) is 0 Å². The molecule has 1 unspecified atom stereocenters. The average Bonchev–Trinajstić information content (AvgIpc) is 2.33. The molecule has 1 heterocycles. The van der Waals surface area contributed by atoms with Crippen LogP contribution in [0.25, 0.3) is 0 Å². The summed E-state index contributed by atoms with van der Waals surface area (Å²) in [5.74, 6) is 1.51. The van der Waals surface area contributed by atoms with Crippen molar-refractivity contribution in [1.29, 1.82) is 0 Å². The van der Waals surface area contributed by atoms with Crippen molar-refractivity contribution in [3.63, 3.8) is 0 Å². The highest BCUT2D eigenvalue weighted by Crippen LogP contribution is 2.16. The highest BCUT2D eigenvalue weighted by molar-refractivity contribution is 5.77. The molecule has 1 amide bonds. The normalized spacial score (nSPS) is 21.7. The van der Waals surface area contributed by atoms with Crippen LogP contribution in [0.3, 0.4) is 0 Å². The first kappa shape index (κ1) is 15.2. The molecular formula is C15H28N2O. The van der Waals surface area contributed by atoms with E-state index in [1.54, 1.807) is 0 Å². The summed E-state index contributed by atoms with van der Waals surface area (Å²) in [6.45, 7) is 10.9. The third-order valence-electron chi connectivity index (χ3n) is 3.35. The maximum absolute atomic E-state index is 11.5. The van der Waals surface area contributed by atoms with E-state index < -0.39 is 0 Å². The maximum Gasteiger partial charge on any atom is 0.223 e. The zero-order valence-corrected chi connectivity index (χ0v) is 12.1. The van der Waals surface area contributed by atoms with Gasteiger partial charge < -0.3 is 10.2 Å². The van der Waals surface area contributed by atoms with Crippen molar-refractivity contribution in [2.75, 3.05) is 26.2 Å². The van der Waals surface area contributed by atoms with Gasteiger partial charge in [-0.05, 0) is 38.1 Å². The van der Waals surface area contributed by atoms with E-state index in [9.17, 15) is 4.79 Å². The standard InChI is InChI=1S/C15H28N2O/c1-4-5-8-15(18)16-10-14-7-6-9-17(12-14)11-13(2)3/h4-5,13-14H,6-12H2,1-3H3,(H,16,18). The highest BCUT2D eigenvalue weighted by atomic mass is 16.1. The van der Waals surface area contributed by atoms with Crippen molar-refractivity contribution in [3.8, 4) is 0 Å². The quantitative estimate of drug-likeness (QED) is 0.736. The van der Waals surface area contributed by atoms with Crippen LogP contribution >= 0.6 is 0 Å². The number of hydrogen-bond acceptors (Lipinski definition) is 2. The molecule has 1 aliphatic rings. The summed E-state index contributed by atoms with van der Waals surface area (Å²) in [5, 5.41) is 3.04. The van der Waals surface area contributed by atoms with E-state index in [0.29, 0.717) is 12.3 Å². The largest absolute Gasteiger partial charge is 0.356 e. The van der Waals surface area contributed by atoms with Gasteiger partial charge in [0, 0.05) is 26.1 Å². The third-order valence-corrected chi connectivity index (χ3v) is 3.35. The molecule has 1 N–H and O–H groups in total. The summed E-state index contributed by atoms with van der Waals surface area (Å²) in [7, 11) is 0. The molecule has 1 atom stereocenters. The Morgan fingerprint density at radius 1 is 1.50 bits per heavy atom. The molecule has 0 bridgehead atoms. The number of nitrogens with one attached hydrogen (secondary N) is 1. The van der Waals surface area contributed by atoms with Gasteiger partial charge in [0.05, 0.1) is 0 Å². The maximum atomic E-state index is 11.5. The number of hydrogen-bond donors (Lipinski definition) is 1. The van der Waals surface area contributed by atoms with Gasteiger partial charge in [-0.3, -0.25) is 4.79 Å². The molecule has 18 heavy (non-hydrogen) atoms. The SMILES string of the molecule is CC=CCC(=O)NCC1CCCN(CC(C)C)C1. The molecule has 1 aliphatic heterocycles. The second-order valence-electron chi connectivity index (χ2n) is 5.74. The fraction of sp³-hybridized carbons (Fsp3) is 0.800. The summed E-state index contributed by atoms with van der Waals surface area (Å²) in [5.41, 5.74) is 0. The van der Waals surface area contributed by atoms with Crippen LogP contribution in [0.1, 0.15) is 40.0 Å².